The highest BCUT2D eigenvalue weighted by molar-refractivity contribution is 8.00. The molecule has 110 valence electrons. The van der Waals surface area contributed by atoms with Crippen molar-refractivity contribution in [2.45, 2.75) is 29.4 Å². The maximum Gasteiger partial charge on any atom is 0.242 e. The Bertz CT molecular complexity index is 595. The van der Waals surface area contributed by atoms with Gasteiger partial charge in [-0.05, 0) is 37.1 Å². The number of nitrogens with one attached hydrogen (secondary N) is 1. The van der Waals surface area contributed by atoms with Gasteiger partial charge in [-0.15, -0.1) is 11.8 Å². The zero-order valence-corrected chi connectivity index (χ0v) is 12.5. The summed E-state index contributed by atoms with van der Waals surface area (Å²) in [5, 5.41) is 2.53. The van der Waals surface area contributed by atoms with Crippen molar-refractivity contribution in [2.24, 2.45) is 5.92 Å². The van der Waals surface area contributed by atoms with Gasteiger partial charge in [0.2, 0.25) is 17.7 Å². The van der Waals surface area contributed by atoms with Crippen LogP contribution in [0.3, 0.4) is 0 Å². The smallest absolute Gasteiger partial charge is 0.242 e. The van der Waals surface area contributed by atoms with Gasteiger partial charge in [-0.25, -0.2) is 0 Å². The highest BCUT2D eigenvalue weighted by Gasteiger charge is 2.36. The molecule has 2 aliphatic rings. The van der Waals surface area contributed by atoms with Gasteiger partial charge in [0.05, 0.1) is 5.25 Å². The lowest BCUT2D eigenvalue weighted by atomic mass is 10.3. The number of hydrogen-bond donors (Lipinski definition) is 1. The minimum Gasteiger partial charge on any atom is -0.326 e. The van der Waals surface area contributed by atoms with Gasteiger partial charge in [-0.1, -0.05) is 0 Å². The number of amides is 3. The van der Waals surface area contributed by atoms with Crippen LogP contribution in [0.2, 0.25) is 0 Å². The van der Waals surface area contributed by atoms with Gasteiger partial charge in [-0.3, -0.25) is 19.3 Å². The number of imide groups is 1. The lowest BCUT2D eigenvalue weighted by Crippen LogP contribution is -2.26. The van der Waals surface area contributed by atoms with E-state index in [-0.39, 0.29) is 35.3 Å². The molecule has 0 radical (unpaired) electrons. The third kappa shape index (κ3) is 3.10. The van der Waals surface area contributed by atoms with E-state index in [0.717, 1.165) is 23.4 Å². The fourth-order valence-electron chi connectivity index (χ4n) is 2.18. The highest BCUT2D eigenvalue weighted by Crippen LogP contribution is 2.32. The molecule has 0 spiro atoms. The van der Waals surface area contributed by atoms with E-state index in [1.807, 2.05) is 24.3 Å². The number of likely N-dealkylation sites (tertiary alicyclic amines) is 1. The SMILES string of the molecule is CN1C(=O)CC(Sc2ccc(NC(=O)C3CC3)cc2)C1=O. The Hall–Kier alpha value is -1.82. The number of thioether (sulfide) groups is 1. The number of anilines is 1. The predicted molar refractivity (Wildman–Crippen MR) is 79.8 cm³/mol. The van der Waals surface area contributed by atoms with Gasteiger partial charge in [0, 0.05) is 30.0 Å². The van der Waals surface area contributed by atoms with Crippen LogP contribution in [0.1, 0.15) is 19.3 Å². The van der Waals surface area contributed by atoms with Crippen molar-refractivity contribution in [1.29, 1.82) is 0 Å². The van der Waals surface area contributed by atoms with E-state index in [0.29, 0.717) is 0 Å². The summed E-state index contributed by atoms with van der Waals surface area (Å²) < 4.78 is 0. The van der Waals surface area contributed by atoms with E-state index < -0.39 is 0 Å². The van der Waals surface area contributed by atoms with E-state index in [1.54, 1.807) is 0 Å². The first-order valence-corrected chi connectivity index (χ1v) is 7.80. The van der Waals surface area contributed by atoms with Gasteiger partial charge < -0.3 is 5.32 Å². The van der Waals surface area contributed by atoms with Gasteiger partial charge in [0.25, 0.3) is 0 Å². The van der Waals surface area contributed by atoms with Crippen molar-refractivity contribution < 1.29 is 14.4 Å². The molecule has 1 saturated heterocycles. The first-order chi connectivity index (χ1) is 10.0. The summed E-state index contributed by atoms with van der Waals surface area (Å²) in [6.07, 6.45) is 2.20. The molecule has 0 aromatic heterocycles. The Morgan fingerprint density at radius 2 is 1.90 bits per heavy atom. The second-order valence-corrected chi connectivity index (χ2v) is 6.67. The second kappa shape index (κ2) is 5.52. The van der Waals surface area contributed by atoms with Crippen molar-refractivity contribution in [3.63, 3.8) is 0 Å². The maximum absolute atomic E-state index is 11.8. The van der Waals surface area contributed by atoms with Gasteiger partial charge in [0.15, 0.2) is 0 Å². The summed E-state index contributed by atoms with van der Waals surface area (Å²) in [5.74, 6) is -0.0211. The van der Waals surface area contributed by atoms with Crippen LogP contribution in [-0.4, -0.2) is 34.9 Å². The third-order valence-electron chi connectivity index (χ3n) is 3.69. The highest BCUT2D eigenvalue weighted by atomic mass is 32.2. The largest absolute Gasteiger partial charge is 0.326 e. The molecule has 1 N–H and O–H groups in total. The normalized spacial score (nSPS) is 21.8. The molecule has 2 fully saturated rings. The summed E-state index contributed by atoms with van der Waals surface area (Å²) in [7, 11) is 1.52. The lowest BCUT2D eigenvalue weighted by molar-refractivity contribution is -0.136. The quantitative estimate of drug-likeness (QED) is 0.863. The number of rotatable bonds is 4. The molecule has 1 aliphatic heterocycles. The molecule has 1 aromatic rings. The minimum atomic E-state index is -0.339. The molecule has 1 heterocycles. The first kappa shape index (κ1) is 14.1. The molecule has 0 bridgehead atoms. The molecule has 5 nitrogen and oxygen atoms in total. The first-order valence-electron chi connectivity index (χ1n) is 6.92. The summed E-state index contributed by atoms with van der Waals surface area (Å²) in [4.78, 5) is 37.1. The summed E-state index contributed by atoms with van der Waals surface area (Å²) in [6.45, 7) is 0. The van der Waals surface area contributed by atoms with Crippen LogP contribution in [0.25, 0.3) is 0 Å². The molecule has 21 heavy (non-hydrogen) atoms. The number of nitrogens with zero attached hydrogens (tertiary/aromatic N) is 1. The molecular weight excluding hydrogens is 288 g/mol. The molecule has 3 amide bonds. The number of carbonyl (C=O) groups is 3. The Morgan fingerprint density at radius 1 is 1.24 bits per heavy atom. The molecule has 1 unspecified atom stereocenters. The van der Waals surface area contributed by atoms with Crippen molar-refractivity contribution in [2.75, 3.05) is 12.4 Å². The van der Waals surface area contributed by atoms with E-state index in [1.165, 1.54) is 23.7 Å². The average Bonchev–Trinajstić information content (AvgIpc) is 3.28. The number of carbonyl (C=O) groups excluding carboxylic acids is 3. The van der Waals surface area contributed by atoms with Gasteiger partial charge in [0.1, 0.15) is 0 Å². The third-order valence-corrected chi connectivity index (χ3v) is 4.89. The van der Waals surface area contributed by atoms with Crippen molar-refractivity contribution in [3.8, 4) is 0 Å². The Kier molecular flexibility index (Phi) is 3.71. The van der Waals surface area contributed by atoms with E-state index in [4.69, 9.17) is 0 Å². The fourth-order valence-corrected chi connectivity index (χ4v) is 3.29. The van der Waals surface area contributed by atoms with E-state index >= 15 is 0 Å². The average molecular weight is 304 g/mol. The predicted octanol–water partition coefficient (Wildman–Crippen LogP) is 1.88. The summed E-state index contributed by atoms with van der Waals surface area (Å²) in [6, 6.07) is 7.38. The number of benzene rings is 1. The molecule has 6 heteroatoms. The standard InChI is InChI=1S/C15H16N2O3S/c1-17-13(18)8-12(15(17)20)21-11-6-4-10(5-7-11)16-14(19)9-2-3-9/h4-7,9,12H,2-3,8H2,1H3,(H,16,19). The second-order valence-electron chi connectivity index (χ2n) is 5.39. The molecule has 1 atom stereocenters. The summed E-state index contributed by atoms with van der Waals surface area (Å²) >= 11 is 1.39. The Balaban J connectivity index is 1.60. The van der Waals surface area contributed by atoms with Crippen LogP contribution >= 0.6 is 11.8 Å². The minimum absolute atomic E-state index is 0.0774. The Labute approximate surface area is 127 Å². The Morgan fingerprint density at radius 3 is 2.43 bits per heavy atom. The topological polar surface area (TPSA) is 66.5 Å². The monoisotopic (exact) mass is 304 g/mol. The zero-order chi connectivity index (χ0) is 15.0. The molecule has 1 aromatic carbocycles. The van der Waals surface area contributed by atoms with Crippen LogP contribution in [0.15, 0.2) is 29.2 Å². The molecule has 3 rings (SSSR count). The van der Waals surface area contributed by atoms with Crippen molar-refractivity contribution >= 4 is 35.2 Å². The summed E-state index contributed by atoms with van der Waals surface area (Å²) in [5.41, 5.74) is 0.766. The lowest BCUT2D eigenvalue weighted by Gasteiger charge is -2.09. The number of hydrogen-bond acceptors (Lipinski definition) is 4. The zero-order valence-electron chi connectivity index (χ0n) is 11.7. The molecule has 1 aliphatic carbocycles. The van der Waals surface area contributed by atoms with Crippen LogP contribution in [0.4, 0.5) is 5.69 Å². The van der Waals surface area contributed by atoms with Crippen molar-refractivity contribution in [3.05, 3.63) is 24.3 Å². The van der Waals surface area contributed by atoms with Crippen LogP contribution in [0.5, 0.6) is 0 Å². The molecular formula is C15H16N2O3S. The van der Waals surface area contributed by atoms with Crippen molar-refractivity contribution in [1.82, 2.24) is 4.90 Å². The van der Waals surface area contributed by atoms with Gasteiger partial charge >= 0.3 is 0 Å². The van der Waals surface area contributed by atoms with E-state index in [2.05, 4.69) is 5.32 Å². The van der Waals surface area contributed by atoms with Crippen LogP contribution in [0, 0.1) is 5.92 Å². The maximum atomic E-state index is 11.8. The van der Waals surface area contributed by atoms with Gasteiger partial charge in [-0.2, -0.15) is 0 Å². The van der Waals surface area contributed by atoms with Crippen LogP contribution in [-0.2, 0) is 14.4 Å². The van der Waals surface area contributed by atoms with E-state index in [9.17, 15) is 14.4 Å². The fraction of sp³-hybridized carbons (Fsp3) is 0.400. The van der Waals surface area contributed by atoms with Crippen LogP contribution < -0.4 is 5.32 Å². The molecule has 1 saturated carbocycles.